The molecule has 0 amide bonds. The number of thioether (sulfide) groups is 1. The molecule has 0 bridgehead atoms. The number of rotatable bonds is 4. The number of nitrogens with one attached hydrogen (secondary N) is 1. The average molecular weight is 279 g/mol. The van der Waals surface area contributed by atoms with Gasteiger partial charge >= 0.3 is 0 Å². The van der Waals surface area contributed by atoms with Crippen molar-refractivity contribution in [2.75, 3.05) is 18.1 Å². The van der Waals surface area contributed by atoms with Crippen LogP contribution in [0.1, 0.15) is 24.8 Å². The summed E-state index contributed by atoms with van der Waals surface area (Å²) in [5.41, 5.74) is 1.37. The zero-order valence-corrected chi connectivity index (χ0v) is 12.0. The van der Waals surface area contributed by atoms with Crippen molar-refractivity contribution < 1.29 is 4.74 Å². The van der Waals surface area contributed by atoms with Gasteiger partial charge in [-0.15, -0.1) is 0 Å². The van der Waals surface area contributed by atoms with Gasteiger partial charge in [-0.3, -0.25) is 0 Å². The van der Waals surface area contributed by atoms with Crippen molar-refractivity contribution in [1.82, 2.24) is 15.1 Å². The first-order valence-electron chi connectivity index (χ1n) is 6.90. The minimum absolute atomic E-state index is 0.159. The van der Waals surface area contributed by atoms with E-state index in [-0.39, 0.29) is 5.60 Å². The predicted molar refractivity (Wildman–Crippen MR) is 79.1 cm³/mol. The lowest BCUT2D eigenvalue weighted by atomic mass is 9.90. The largest absolute Gasteiger partial charge is 0.374 e. The van der Waals surface area contributed by atoms with Crippen LogP contribution in [0.3, 0.4) is 0 Å². The summed E-state index contributed by atoms with van der Waals surface area (Å²) in [5.74, 6) is 2.42. The SMILES string of the molecule is C=Cn1cc(CN[C@H]2CCO[C@@]3(CCSC3)C2)cn1. The van der Waals surface area contributed by atoms with Crippen molar-refractivity contribution >= 4 is 18.0 Å². The lowest BCUT2D eigenvalue weighted by molar-refractivity contribution is -0.0703. The van der Waals surface area contributed by atoms with Crippen molar-refractivity contribution in [1.29, 1.82) is 0 Å². The molecule has 1 N–H and O–H groups in total. The standard InChI is InChI=1S/C14H21N3OS/c1-2-17-10-12(9-16-17)8-15-13-3-5-18-14(7-13)4-6-19-11-14/h2,9-10,13,15H,1,3-8,11H2/t13-,14-/m0/s1. The Balaban J connectivity index is 1.53. The third kappa shape index (κ3) is 3.04. The molecule has 19 heavy (non-hydrogen) atoms. The van der Waals surface area contributed by atoms with E-state index in [4.69, 9.17) is 4.74 Å². The van der Waals surface area contributed by atoms with Crippen molar-refractivity contribution in [3.8, 4) is 0 Å². The molecule has 5 heteroatoms. The van der Waals surface area contributed by atoms with Gasteiger partial charge in [-0.05, 0) is 25.0 Å². The van der Waals surface area contributed by atoms with Gasteiger partial charge < -0.3 is 10.1 Å². The molecule has 1 spiro atoms. The Labute approximate surface area is 118 Å². The van der Waals surface area contributed by atoms with Crippen LogP contribution in [-0.4, -0.2) is 39.5 Å². The summed E-state index contributed by atoms with van der Waals surface area (Å²) in [6.07, 6.45) is 9.10. The minimum atomic E-state index is 0.159. The molecular weight excluding hydrogens is 258 g/mol. The van der Waals surface area contributed by atoms with Crippen LogP contribution in [0.5, 0.6) is 0 Å². The van der Waals surface area contributed by atoms with E-state index < -0.39 is 0 Å². The van der Waals surface area contributed by atoms with E-state index in [9.17, 15) is 0 Å². The summed E-state index contributed by atoms with van der Waals surface area (Å²) in [7, 11) is 0. The van der Waals surface area contributed by atoms with E-state index in [1.54, 1.807) is 10.9 Å². The molecule has 0 aromatic carbocycles. The molecule has 0 unspecified atom stereocenters. The second-order valence-electron chi connectivity index (χ2n) is 5.42. The highest BCUT2D eigenvalue weighted by Crippen LogP contribution is 2.38. The summed E-state index contributed by atoms with van der Waals surface area (Å²) in [6, 6.07) is 0.569. The highest BCUT2D eigenvalue weighted by molar-refractivity contribution is 7.99. The Kier molecular flexibility index (Phi) is 3.96. The molecule has 2 fully saturated rings. The lowest BCUT2D eigenvalue weighted by Gasteiger charge is -2.38. The fraction of sp³-hybridized carbons (Fsp3) is 0.643. The zero-order chi connectivity index (χ0) is 13.1. The van der Waals surface area contributed by atoms with Crippen LogP contribution < -0.4 is 5.32 Å². The molecule has 1 aromatic rings. The van der Waals surface area contributed by atoms with E-state index >= 15 is 0 Å². The Morgan fingerprint density at radius 3 is 3.37 bits per heavy atom. The van der Waals surface area contributed by atoms with Gasteiger partial charge in [0, 0.05) is 42.9 Å². The van der Waals surface area contributed by atoms with Gasteiger partial charge in [0.25, 0.3) is 0 Å². The summed E-state index contributed by atoms with van der Waals surface area (Å²) >= 11 is 2.03. The second-order valence-corrected chi connectivity index (χ2v) is 6.52. The Hall–Kier alpha value is -0.780. The second kappa shape index (κ2) is 5.69. The summed E-state index contributed by atoms with van der Waals surface area (Å²) in [4.78, 5) is 0. The van der Waals surface area contributed by atoms with Crippen LogP contribution in [0.15, 0.2) is 19.0 Å². The number of aromatic nitrogens is 2. The minimum Gasteiger partial charge on any atom is -0.374 e. The molecule has 0 aliphatic carbocycles. The lowest BCUT2D eigenvalue weighted by Crippen LogP contribution is -2.47. The van der Waals surface area contributed by atoms with E-state index in [0.717, 1.165) is 26.0 Å². The molecule has 1 aromatic heterocycles. The number of hydrogen-bond acceptors (Lipinski definition) is 4. The van der Waals surface area contributed by atoms with Crippen molar-refractivity contribution in [2.24, 2.45) is 0 Å². The van der Waals surface area contributed by atoms with E-state index in [1.807, 2.05) is 24.2 Å². The first-order chi connectivity index (χ1) is 9.30. The fourth-order valence-electron chi connectivity index (χ4n) is 2.90. The van der Waals surface area contributed by atoms with Crippen LogP contribution in [0, 0.1) is 0 Å². The smallest absolute Gasteiger partial charge is 0.0795 e. The zero-order valence-electron chi connectivity index (χ0n) is 11.2. The van der Waals surface area contributed by atoms with Gasteiger partial charge in [0.05, 0.1) is 11.8 Å². The number of hydrogen-bond donors (Lipinski definition) is 1. The van der Waals surface area contributed by atoms with Gasteiger partial charge in [-0.25, -0.2) is 4.68 Å². The van der Waals surface area contributed by atoms with Gasteiger partial charge in [-0.2, -0.15) is 16.9 Å². The van der Waals surface area contributed by atoms with Crippen LogP contribution in [0.4, 0.5) is 0 Å². The molecule has 2 aliphatic heterocycles. The molecule has 3 heterocycles. The average Bonchev–Trinajstić information content (AvgIpc) is 3.06. The van der Waals surface area contributed by atoms with Crippen LogP contribution in [-0.2, 0) is 11.3 Å². The van der Waals surface area contributed by atoms with Crippen LogP contribution >= 0.6 is 11.8 Å². The first-order valence-corrected chi connectivity index (χ1v) is 8.06. The third-order valence-electron chi connectivity index (χ3n) is 4.00. The third-order valence-corrected chi connectivity index (χ3v) is 5.22. The predicted octanol–water partition coefficient (Wildman–Crippen LogP) is 2.13. The molecule has 3 rings (SSSR count). The summed E-state index contributed by atoms with van der Waals surface area (Å²) in [6.45, 7) is 5.47. The molecular formula is C14H21N3OS. The fourth-order valence-corrected chi connectivity index (χ4v) is 4.27. The molecule has 4 nitrogen and oxygen atoms in total. The molecule has 104 valence electrons. The van der Waals surface area contributed by atoms with Crippen LogP contribution in [0.2, 0.25) is 0 Å². The number of nitrogens with zero attached hydrogens (tertiary/aromatic N) is 2. The van der Waals surface area contributed by atoms with Gasteiger partial charge in [0.2, 0.25) is 0 Å². The first kappa shape index (κ1) is 13.2. The quantitative estimate of drug-likeness (QED) is 0.916. The monoisotopic (exact) mass is 279 g/mol. The molecule has 2 atom stereocenters. The van der Waals surface area contributed by atoms with Crippen molar-refractivity contribution in [3.05, 3.63) is 24.5 Å². The summed E-state index contributed by atoms with van der Waals surface area (Å²) < 4.78 is 7.79. The Bertz CT molecular complexity index is 440. The maximum absolute atomic E-state index is 6.04. The Morgan fingerprint density at radius 2 is 2.63 bits per heavy atom. The Morgan fingerprint density at radius 1 is 1.68 bits per heavy atom. The maximum atomic E-state index is 6.04. The molecule has 0 radical (unpaired) electrons. The highest BCUT2D eigenvalue weighted by Gasteiger charge is 2.40. The van der Waals surface area contributed by atoms with Crippen molar-refractivity contribution in [2.45, 2.75) is 37.5 Å². The van der Waals surface area contributed by atoms with Gasteiger partial charge in [0.15, 0.2) is 0 Å². The molecule has 2 saturated heterocycles. The highest BCUT2D eigenvalue weighted by atomic mass is 32.2. The summed E-state index contributed by atoms with van der Waals surface area (Å²) in [5, 5.41) is 7.85. The molecule has 0 saturated carbocycles. The number of ether oxygens (including phenoxy) is 1. The van der Waals surface area contributed by atoms with Crippen LogP contribution in [0.25, 0.3) is 6.20 Å². The van der Waals surface area contributed by atoms with E-state index in [0.29, 0.717) is 6.04 Å². The maximum Gasteiger partial charge on any atom is 0.0795 e. The van der Waals surface area contributed by atoms with E-state index in [1.165, 1.54) is 23.5 Å². The topological polar surface area (TPSA) is 39.1 Å². The van der Waals surface area contributed by atoms with Gasteiger partial charge in [-0.1, -0.05) is 6.58 Å². The normalized spacial score (nSPS) is 30.8. The van der Waals surface area contributed by atoms with E-state index in [2.05, 4.69) is 17.0 Å². The molecule has 2 aliphatic rings. The van der Waals surface area contributed by atoms with Crippen molar-refractivity contribution in [3.63, 3.8) is 0 Å². The van der Waals surface area contributed by atoms with Gasteiger partial charge in [0.1, 0.15) is 0 Å².